The minimum absolute atomic E-state index is 0.392. The fourth-order valence-corrected chi connectivity index (χ4v) is 1.79. The monoisotopic (exact) mass is 223 g/mol. The minimum Gasteiger partial charge on any atom is -0.486 e. The summed E-state index contributed by atoms with van der Waals surface area (Å²) < 4.78 is 16.6. The van der Waals surface area contributed by atoms with E-state index in [2.05, 4.69) is 0 Å². The lowest BCUT2D eigenvalue weighted by Crippen LogP contribution is -2.35. The van der Waals surface area contributed by atoms with Gasteiger partial charge >= 0.3 is 0 Å². The number of rotatable bonds is 3. The Morgan fingerprint density at radius 2 is 2.12 bits per heavy atom. The fourth-order valence-electron chi connectivity index (χ4n) is 1.79. The van der Waals surface area contributed by atoms with E-state index in [-0.39, 0.29) is 0 Å². The van der Waals surface area contributed by atoms with Crippen molar-refractivity contribution >= 4 is 0 Å². The van der Waals surface area contributed by atoms with Crippen molar-refractivity contribution in [2.75, 3.05) is 26.9 Å². The van der Waals surface area contributed by atoms with Crippen LogP contribution in [0.5, 0.6) is 11.5 Å². The molecule has 0 spiro atoms. The summed E-state index contributed by atoms with van der Waals surface area (Å²) >= 11 is 0. The summed E-state index contributed by atoms with van der Waals surface area (Å²) in [5, 5.41) is 0. The first-order chi connectivity index (χ1) is 7.71. The third kappa shape index (κ3) is 1.74. The Kier molecular flexibility index (Phi) is 3.03. The van der Waals surface area contributed by atoms with Crippen molar-refractivity contribution in [3.8, 4) is 11.5 Å². The Bertz CT molecular complexity index is 375. The van der Waals surface area contributed by atoms with Crippen LogP contribution in [0.1, 0.15) is 12.5 Å². The van der Waals surface area contributed by atoms with Gasteiger partial charge in [-0.3, -0.25) is 0 Å². The normalized spacial score (nSPS) is 17.9. The molecule has 1 aromatic carbocycles. The number of hydrogen-bond donors (Lipinski definition) is 1. The van der Waals surface area contributed by atoms with E-state index in [0.717, 1.165) is 17.1 Å². The van der Waals surface area contributed by atoms with Crippen LogP contribution in [0, 0.1) is 0 Å². The summed E-state index contributed by atoms with van der Waals surface area (Å²) in [6.07, 6.45) is 0. The molecule has 0 saturated heterocycles. The maximum absolute atomic E-state index is 5.76. The highest BCUT2D eigenvalue weighted by molar-refractivity contribution is 5.50. The van der Waals surface area contributed by atoms with Gasteiger partial charge < -0.3 is 19.9 Å². The molecule has 16 heavy (non-hydrogen) atoms. The molecule has 2 rings (SSSR count). The van der Waals surface area contributed by atoms with Crippen LogP contribution >= 0.6 is 0 Å². The molecule has 0 amide bonds. The van der Waals surface area contributed by atoms with Gasteiger partial charge in [0.25, 0.3) is 0 Å². The largest absolute Gasteiger partial charge is 0.486 e. The summed E-state index contributed by atoms with van der Waals surface area (Å²) in [4.78, 5) is 0. The first-order valence-corrected chi connectivity index (χ1v) is 5.35. The summed E-state index contributed by atoms with van der Waals surface area (Å²) in [6.45, 7) is 3.49. The lowest BCUT2D eigenvalue weighted by atomic mass is 9.94. The second-order valence-corrected chi connectivity index (χ2v) is 3.97. The fraction of sp³-hybridized carbons (Fsp3) is 0.500. The summed E-state index contributed by atoms with van der Waals surface area (Å²) in [5.41, 5.74) is 6.17. The molecule has 1 aliphatic rings. The van der Waals surface area contributed by atoms with Crippen LogP contribution in [0.2, 0.25) is 0 Å². The zero-order valence-electron chi connectivity index (χ0n) is 9.66. The molecule has 1 atom stereocenters. The first kappa shape index (κ1) is 11.2. The number of ether oxygens (including phenoxy) is 3. The Labute approximate surface area is 95.3 Å². The van der Waals surface area contributed by atoms with Gasteiger partial charge in [-0.1, -0.05) is 12.1 Å². The van der Waals surface area contributed by atoms with E-state index in [0.29, 0.717) is 19.8 Å². The van der Waals surface area contributed by atoms with Crippen molar-refractivity contribution in [1.29, 1.82) is 0 Å². The first-order valence-electron chi connectivity index (χ1n) is 5.35. The van der Waals surface area contributed by atoms with Crippen LogP contribution in [0.3, 0.4) is 0 Å². The molecule has 0 aromatic heterocycles. The van der Waals surface area contributed by atoms with Crippen LogP contribution in [0.4, 0.5) is 0 Å². The highest BCUT2D eigenvalue weighted by Gasteiger charge is 2.30. The van der Waals surface area contributed by atoms with Crippen molar-refractivity contribution in [1.82, 2.24) is 0 Å². The van der Waals surface area contributed by atoms with Crippen LogP contribution < -0.4 is 15.2 Å². The Morgan fingerprint density at radius 1 is 1.38 bits per heavy atom. The Hall–Kier alpha value is -1.26. The maximum atomic E-state index is 5.76. The zero-order valence-corrected chi connectivity index (χ0v) is 9.66. The van der Waals surface area contributed by atoms with Gasteiger partial charge in [0.05, 0.1) is 0 Å². The van der Waals surface area contributed by atoms with Gasteiger partial charge in [0.1, 0.15) is 18.8 Å². The molecule has 1 aliphatic heterocycles. The zero-order chi connectivity index (χ0) is 11.6. The van der Waals surface area contributed by atoms with Crippen LogP contribution in [0.15, 0.2) is 18.2 Å². The molecule has 0 radical (unpaired) electrons. The van der Waals surface area contributed by atoms with Crippen molar-refractivity contribution in [2.24, 2.45) is 5.73 Å². The molecular weight excluding hydrogens is 206 g/mol. The second-order valence-electron chi connectivity index (χ2n) is 3.97. The van der Waals surface area contributed by atoms with Gasteiger partial charge in [-0.05, 0) is 13.0 Å². The lowest BCUT2D eigenvalue weighted by Gasteiger charge is -2.31. The van der Waals surface area contributed by atoms with E-state index >= 15 is 0 Å². The number of nitrogens with two attached hydrogens (primary N) is 1. The van der Waals surface area contributed by atoms with Crippen molar-refractivity contribution in [3.05, 3.63) is 23.8 Å². The van der Waals surface area contributed by atoms with Gasteiger partial charge in [-0.2, -0.15) is 0 Å². The SMILES string of the molecule is COC(C)(CN)c1cccc2c1OCCO2. The Balaban J connectivity index is 2.48. The molecule has 4 nitrogen and oxygen atoms in total. The highest BCUT2D eigenvalue weighted by atomic mass is 16.6. The smallest absolute Gasteiger partial charge is 0.167 e. The maximum Gasteiger partial charge on any atom is 0.167 e. The average Bonchev–Trinajstić information content (AvgIpc) is 2.37. The third-order valence-electron chi connectivity index (χ3n) is 2.98. The van der Waals surface area contributed by atoms with E-state index in [9.17, 15) is 0 Å². The molecule has 2 N–H and O–H groups in total. The topological polar surface area (TPSA) is 53.7 Å². The predicted octanol–water partition coefficient (Wildman–Crippen LogP) is 1.28. The number of fused-ring (bicyclic) bond motifs is 1. The molecule has 1 aromatic rings. The molecular formula is C12H17NO3. The van der Waals surface area contributed by atoms with E-state index in [1.165, 1.54) is 0 Å². The Morgan fingerprint density at radius 3 is 2.81 bits per heavy atom. The van der Waals surface area contributed by atoms with Crippen molar-refractivity contribution < 1.29 is 14.2 Å². The third-order valence-corrected chi connectivity index (χ3v) is 2.98. The highest BCUT2D eigenvalue weighted by Crippen LogP contribution is 2.40. The predicted molar refractivity (Wildman–Crippen MR) is 60.8 cm³/mol. The number of methoxy groups -OCH3 is 1. The van der Waals surface area contributed by atoms with Gasteiger partial charge in [0.2, 0.25) is 0 Å². The van der Waals surface area contributed by atoms with Crippen LogP contribution in [0.25, 0.3) is 0 Å². The van der Waals surface area contributed by atoms with Gasteiger partial charge in [0.15, 0.2) is 11.5 Å². The summed E-state index contributed by atoms with van der Waals surface area (Å²) in [5.74, 6) is 1.52. The van der Waals surface area contributed by atoms with Gasteiger partial charge in [-0.25, -0.2) is 0 Å². The molecule has 0 fully saturated rings. The van der Waals surface area contributed by atoms with Crippen molar-refractivity contribution in [2.45, 2.75) is 12.5 Å². The molecule has 1 heterocycles. The number of benzene rings is 1. The molecule has 4 heteroatoms. The molecule has 0 aliphatic carbocycles. The average molecular weight is 223 g/mol. The van der Waals surface area contributed by atoms with Crippen LogP contribution in [-0.4, -0.2) is 26.9 Å². The molecule has 88 valence electrons. The lowest BCUT2D eigenvalue weighted by molar-refractivity contribution is 0.00614. The van der Waals surface area contributed by atoms with Gasteiger partial charge in [0, 0.05) is 19.2 Å². The quantitative estimate of drug-likeness (QED) is 0.838. The van der Waals surface area contributed by atoms with Gasteiger partial charge in [-0.15, -0.1) is 0 Å². The molecule has 1 unspecified atom stereocenters. The van der Waals surface area contributed by atoms with Crippen LogP contribution in [-0.2, 0) is 10.3 Å². The summed E-state index contributed by atoms with van der Waals surface area (Å²) in [7, 11) is 1.65. The molecule has 0 saturated carbocycles. The standard InChI is InChI=1S/C12H17NO3/c1-12(8-13,14-2)9-4-3-5-10-11(9)16-7-6-15-10/h3-5H,6-8,13H2,1-2H3. The van der Waals surface area contributed by atoms with Crippen molar-refractivity contribution in [3.63, 3.8) is 0 Å². The van der Waals surface area contributed by atoms with E-state index in [1.807, 2.05) is 25.1 Å². The minimum atomic E-state index is -0.536. The van der Waals surface area contributed by atoms with E-state index < -0.39 is 5.60 Å². The van der Waals surface area contributed by atoms with E-state index in [4.69, 9.17) is 19.9 Å². The number of para-hydroxylation sites is 1. The number of hydrogen-bond acceptors (Lipinski definition) is 4. The summed E-state index contributed by atoms with van der Waals surface area (Å²) in [6, 6.07) is 5.78. The second kappa shape index (κ2) is 4.31. The molecule has 0 bridgehead atoms. The van der Waals surface area contributed by atoms with E-state index in [1.54, 1.807) is 7.11 Å².